The lowest BCUT2D eigenvalue weighted by Gasteiger charge is -2.18. The molecule has 2 aromatic heterocycles. The number of amides is 1. The fourth-order valence-corrected chi connectivity index (χ4v) is 6.08. The number of fused-ring (bicyclic) bond motifs is 2. The zero-order chi connectivity index (χ0) is 23.8. The second-order valence-electron chi connectivity index (χ2n) is 8.89. The molecule has 34 heavy (non-hydrogen) atoms. The van der Waals surface area contributed by atoms with Crippen molar-refractivity contribution in [1.29, 1.82) is 0 Å². The molecule has 4 aromatic rings. The Morgan fingerprint density at radius 1 is 1.12 bits per heavy atom. The molecule has 172 valence electrons. The summed E-state index contributed by atoms with van der Waals surface area (Å²) in [5.74, 6) is -0.103. The minimum Gasteiger partial charge on any atom is -0.465 e. The van der Waals surface area contributed by atoms with Gasteiger partial charge in [-0.05, 0) is 55.4 Å². The van der Waals surface area contributed by atoms with Crippen LogP contribution in [-0.4, -0.2) is 24.0 Å². The molecule has 6 heteroatoms. The van der Waals surface area contributed by atoms with E-state index >= 15 is 0 Å². The number of benzene rings is 2. The molecule has 0 saturated heterocycles. The number of ether oxygens (including phenoxy) is 1. The second-order valence-corrected chi connectivity index (χ2v) is 9.99. The zero-order valence-corrected chi connectivity index (χ0v) is 20.3. The maximum absolute atomic E-state index is 13.7. The Morgan fingerprint density at radius 2 is 1.88 bits per heavy atom. The highest BCUT2D eigenvalue weighted by Gasteiger charge is 2.29. The van der Waals surface area contributed by atoms with Gasteiger partial charge in [0.05, 0.1) is 29.4 Å². The van der Waals surface area contributed by atoms with E-state index < -0.39 is 5.97 Å². The highest BCUT2D eigenvalue weighted by Crippen LogP contribution is 2.40. The number of nitrogens with zero attached hydrogens (tertiary/aromatic N) is 1. The number of hydrogen-bond donors (Lipinski definition) is 1. The average Bonchev–Trinajstić information content (AvgIpc) is 3.19. The third kappa shape index (κ3) is 3.99. The summed E-state index contributed by atoms with van der Waals surface area (Å²) in [6.45, 7) is 4.25. The minimum absolute atomic E-state index is 0.259. The smallest absolute Gasteiger partial charge is 0.341 e. The van der Waals surface area contributed by atoms with Crippen molar-refractivity contribution < 1.29 is 14.3 Å². The van der Waals surface area contributed by atoms with Gasteiger partial charge in [0.25, 0.3) is 5.91 Å². The summed E-state index contributed by atoms with van der Waals surface area (Å²) in [7, 11) is 1.38. The first-order chi connectivity index (χ1) is 16.5. The van der Waals surface area contributed by atoms with Crippen molar-refractivity contribution >= 4 is 39.1 Å². The van der Waals surface area contributed by atoms with Gasteiger partial charge in [-0.3, -0.25) is 4.79 Å². The van der Waals surface area contributed by atoms with Crippen molar-refractivity contribution in [3.05, 3.63) is 81.7 Å². The van der Waals surface area contributed by atoms with Gasteiger partial charge in [-0.2, -0.15) is 0 Å². The lowest BCUT2D eigenvalue weighted by molar-refractivity contribution is 0.0601. The molecule has 0 saturated carbocycles. The van der Waals surface area contributed by atoms with Gasteiger partial charge in [0, 0.05) is 15.8 Å². The number of rotatable bonds is 4. The topological polar surface area (TPSA) is 68.3 Å². The molecule has 0 unspecified atom stereocenters. The predicted molar refractivity (Wildman–Crippen MR) is 137 cm³/mol. The van der Waals surface area contributed by atoms with E-state index in [0.717, 1.165) is 57.4 Å². The summed E-state index contributed by atoms with van der Waals surface area (Å²) in [6, 6.07) is 17.5. The molecule has 0 fully saturated rings. The van der Waals surface area contributed by atoms with Gasteiger partial charge in [0.1, 0.15) is 5.00 Å². The second kappa shape index (κ2) is 9.03. The molecule has 0 radical (unpaired) electrons. The average molecular weight is 471 g/mol. The number of methoxy groups -OCH3 is 1. The molecule has 2 heterocycles. The molecule has 1 N–H and O–H groups in total. The van der Waals surface area contributed by atoms with Crippen LogP contribution < -0.4 is 5.32 Å². The van der Waals surface area contributed by atoms with E-state index in [1.54, 1.807) is 0 Å². The van der Waals surface area contributed by atoms with E-state index in [4.69, 9.17) is 9.72 Å². The van der Waals surface area contributed by atoms with Gasteiger partial charge in [0.2, 0.25) is 0 Å². The number of thiophene rings is 1. The monoisotopic (exact) mass is 470 g/mol. The van der Waals surface area contributed by atoms with Crippen LogP contribution in [0.1, 0.15) is 50.1 Å². The summed E-state index contributed by atoms with van der Waals surface area (Å²) in [5, 5.41) is 4.38. The molecular weight excluding hydrogens is 444 g/mol. The zero-order valence-electron chi connectivity index (χ0n) is 19.5. The molecule has 0 bridgehead atoms. The number of carbonyl (C=O) groups is 2. The van der Waals surface area contributed by atoms with Gasteiger partial charge in [0.15, 0.2) is 0 Å². The number of aryl methyl sites for hydroxylation is 1. The number of pyridine rings is 1. The van der Waals surface area contributed by atoms with E-state index in [1.807, 2.05) is 61.5 Å². The van der Waals surface area contributed by atoms with E-state index in [1.165, 1.54) is 18.4 Å². The Morgan fingerprint density at radius 3 is 2.68 bits per heavy atom. The molecule has 1 atom stereocenters. The number of carbonyl (C=O) groups excluding carboxylic acids is 2. The lowest BCUT2D eigenvalue weighted by atomic mass is 9.88. The normalized spacial score (nSPS) is 15.1. The summed E-state index contributed by atoms with van der Waals surface area (Å²) in [6.07, 6.45) is 2.76. The van der Waals surface area contributed by atoms with Crippen LogP contribution in [0.5, 0.6) is 0 Å². The van der Waals surface area contributed by atoms with Crippen molar-refractivity contribution in [2.75, 3.05) is 12.4 Å². The quantitative estimate of drug-likeness (QED) is 0.349. The van der Waals surface area contributed by atoms with Crippen LogP contribution >= 0.6 is 11.3 Å². The van der Waals surface area contributed by atoms with Crippen LogP contribution in [0.3, 0.4) is 0 Å². The van der Waals surface area contributed by atoms with Crippen molar-refractivity contribution in [3.8, 4) is 11.3 Å². The summed E-state index contributed by atoms with van der Waals surface area (Å²) < 4.78 is 5.08. The van der Waals surface area contributed by atoms with Crippen LogP contribution in [0.2, 0.25) is 0 Å². The van der Waals surface area contributed by atoms with Crippen LogP contribution in [0, 0.1) is 12.8 Å². The molecule has 1 amide bonds. The fraction of sp³-hybridized carbons (Fsp3) is 0.250. The van der Waals surface area contributed by atoms with Gasteiger partial charge >= 0.3 is 5.97 Å². The number of aromatic nitrogens is 1. The number of anilines is 1. The predicted octanol–water partition coefficient (Wildman–Crippen LogP) is 6.44. The molecular formula is C28H26N2O3S. The molecule has 1 aliphatic carbocycles. The summed E-state index contributed by atoms with van der Waals surface area (Å²) >= 11 is 1.49. The molecule has 5 nitrogen and oxygen atoms in total. The Bertz CT molecular complexity index is 1420. The van der Waals surface area contributed by atoms with Crippen LogP contribution in [-0.2, 0) is 17.6 Å². The summed E-state index contributed by atoms with van der Waals surface area (Å²) in [5.41, 5.74) is 5.61. The van der Waals surface area contributed by atoms with E-state index in [9.17, 15) is 9.59 Å². The highest BCUT2D eigenvalue weighted by molar-refractivity contribution is 7.17. The lowest BCUT2D eigenvalue weighted by Crippen LogP contribution is -2.16. The highest BCUT2D eigenvalue weighted by atomic mass is 32.1. The van der Waals surface area contributed by atoms with Crippen molar-refractivity contribution in [1.82, 2.24) is 4.98 Å². The Labute approximate surface area is 202 Å². The number of esters is 1. The minimum atomic E-state index is -0.400. The third-order valence-corrected chi connectivity index (χ3v) is 7.68. The SMILES string of the molecule is COC(=O)c1c(NC(=O)c2cc(-c3ccccc3C)nc3ccccc23)sc2c1CC[C@@H](C)C2. The number of para-hydroxylation sites is 1. The first-order valence-electron chi connectivity index (χ1n) is 11.5. The van der Waals surface area contributed by atoms with Gasteiger partial charge < -0.3 is 10.1 Å². The van der Waals surface area contributed by atoms with E-state index in [2.05, 4.69) is 12.2 Å². The van der Waals surface area contributed by atoms with Crippen LogP contribution in [0.15, 0.2) is 54.6 Å². The number of nitrogens with one attached hydrogen (secondary N) is 1. The van der Waals surface area contributed by atoms with Crippen molar-refractivity contribution in [2.24, 2.45) is 5.92 Å². The first-order valence-corrected chi connectivity index (χ1v) is 12.3. The fourth-order valence-electron chi connectivity index (χ4n) is 4.69. The summed E-state index contributed by atoms with van der Waals surface area (Å²) in [4.78, 5) is 32.3. The third-order valence-electron chi connectivity index (χ3n) is 6.51. The Hall–Kier alpha value is -3.51. The van der Waals surface area contributed by atoms with Crippen molar-refractivity contribution in [2.45, 2.75) is 33.1 Å². The van der Waals surface area contributed by atoms with Crippen LogP contribution in [0.25, 0.3) is 22.2 Å². The molecule has 0 aliphatic heterocycles. The molecule has 0 spiro atoms. The Balaban J connectivity index is 1.60. The van der Waals surface area contributed by atoms with Gasteiger partial charge in [-0.1, -0.05) is 49.4 Å². The maximum atomic E-state index is 13.7. The Kier molecular flexibility index (Phi) is 5.92. The standard InChI is InChI=1S/C28H26N2O3S/c1-16-12-13-20-24(14-16)34-27(25(20)28(32)33-3)30-26(31)21-15-23(18-9-5-4-8-17(18)2)29-22-11-7-6-10-19(21)22/h4-11,15-16H,12-14H2,1-3H3,(H,30,31)/t16-/m1/s1. The van der Waals surface area contributed by atoms with E-state index in [0.29, 0.717) is 22.0 Å². The largest absolute Gasteiger partial charge is 0.465 e. The van der Waals surface area contributed by atoms with Gasteiger partial charge in [-0.25, -0.2) is 9.78 Å². The van der Waals surface area contributed by atoms with Gasteiger partial charge in [-0.15, -0.1) is 11.3 Å². The van der Waals surface area contributed by atoms with Crippen molar-refractivity contribution in [3.63, 3.8) is 0 Å². The number of hydrogen-bond acceptors (Lipinski definition) is 5. The van der Waals surface area contributed by atoms with E-state index in [-0.39, 0.29) is 5.91 Å². The van der Waals surface area contributed by atoms with Crippen LogP contribution in [0.4, 0.5) is 5.00 Å². The molecule has 2 aromatic carbocycles. The molecule has 5 rings (SSSR count). The first kappa shape index (κ1) is 22.3. The maximum Gasteiger partial charge on any atom is 0.341 e. The molecule has 1 aliphatic rings.